The first-order valence-electron chi connectivity index (χ1n) is 5.53. The zero-order valence-electron chi connectivity index (χ0n) is 10.00. The van der Waals surface area contributed by atoms with Gasteiger partial charge in [0, 0.05) is 23.6 Å². The van der Waals surface area contributed by atoms with E-state index in [0.29, 0.717) is 22.7 Å². The van der Waals surface area contributed by atoms with Crippen molar-refractivity contribution in [1.29, 1.82) is 5.41 Å². The Morgan fingerprint density at radius 2 is 1.95 bits per heavy atom. The Morgan fingerprint density at radius 3 is 2.55 bits per heavy atom. The van der Waals surface area contributed by atoms with E-state index < -0.39 is 3.79 Å². The molecule has 0 aromatic heterocycles. The first kappa shape index (κ1) is 15.6. The van der Waals surface area contributed by atoms with Crippen LogP contribution in [0.3, 0.4) is 0 Å². The fraction of sp³-hybridized carbons (Fsp3) is 0.250. The maximum absolute atomic E-state index is 9.81. The van der Waals surface area contributed by atoms with Gasteiger partial charge in [-0.25, -0.2) is 9.98 Å². The first-order valence-corrected chi connectivity index (χ1v) is 7.04. The molecule has 0 unspecified atom stereocenters. The molecule has 0 spiro atoms. The summed E-state index contributed by atoms with van der Waals surface area (Å²) in [6.07, 6.45) is 0.567. The lowest BCUT2D eigenvalue weighted by Crippen LogP contribution is -2.26. The van der Waals surface area contributed by atoms with Crippen LogP contribution in [0.2, 0.25) is 5.02 Å². The number of phenols is 1. The van der Waals surface area contributed by atoms with Crippen molar-refractivity contribution in [1.82, 2.24) is 0 Å². The molecule has 1 aliphatic rings. The molecule has 1 aliphatic heterocycles. The fourth-order valence-corrected chi connectivity index (χ4v) is 2.13. The minimum Gasteiger partial charge on any atom is -0.508 e. The number of hydrogen-bond donors (Lipinski definition) is 2. The van der Waals surface area contributed by atoms with E-state index >= 15 is 0 Å². The van der Waals surface area contributed by atoms with Crippen molar-refractivity contribution >= 4 is 63.8 Å². The highest BCUT2D eigenvalue weighted by Crippen LogP contribution is 2.31. The van der Waals surface area contributed by atoms with Crippen LogP contribution in [0.5, 0.6) is 5.75 Å². The topological polar surface area (TPSA) is 68.8 Å². The van der Waals surface area contributed by atoms with Crippen LogP contribution in [0.15, 0.2) is 28.2 Å². The molecule has 2 N–H and O–H groups in total. The van der Waals surface area contributed by atoms with Crippen LogP contribution in [-0.2, 0) is 6.42 Å². The summed E-state index contributed by atoms with van der Waals surface area (Å²) in [6, 6.07) is 4.79. The Labute approximate surface area is 135 Å². The van der Waals surface area contributed by atoms with E-state index in [1.807, 2.05) is 0 Å². The molecular weight excluding hydrogens is 344 g/mol. The van der Waals surface area contributed by atoms with Gasteiger partial charge in [-0.2, -0.15) is 0 Å². The molecule has 0 bridgehead atoms. The Morgan fingerprint density at radius 1 is 1.25 bits per heavy atom. The van der Waals surface area contributed by atoms with Gasteiger partial charge in [-0.3, -0.25) is 5.41 Å². The van der Waals surface area contributed by atoms with Gasteiger partial charge in [-0.1, -0.05) is 52.5 Å². The molecule has 1 heterocycles. The fourth-order valence-electron chi connectivity index (χ4n) is 1.71. The van der Waals surface area contributed by atoms with Crippen LogP contribution in [0.4, 0.5) is 0 Å². The number of hydrogen-bond acceptors (Lipinski definition) is 3. The second-order valence-electron chi connectivity index (χ2n) is 4.18. The van der Waals surface area contributed by atoms with Gasteiger partial charge < -0.3 is 5.11 Å². The van der Waals surface area contributed by atoms with Gasteiger partial charge in [-0.05, 0) is 17.7 Å². The van der Waals surface area contributed by atoms with Crippen LogP contribution in [0.1, 0.15) is 12.0 Å². The number of aliphatic imine (C=N–C) groups is 2. The molecule has 0 aliphatic carbocycles. The molecule has 1 aromatic carbocycles. The number of alkyl halides is 3. The number of amidine groups is 2. The van der Waals surface area contributed by atoms with E-state index in [4.69, 9.17) is 51.8 Å². The maximum atomic E-state index is 9.81. The van der Waals surface area contributed by atoms with Crippen molar-refractivity contribution in [3.63, 3.8) is 0 Å². The molecular formula is C12H9Cl4N3O. The highest BCUT2D eigenvalue weighted by atomic mass is 35.6. The molecule has 20 heavy (non-hydrogen) atoms. The van der Waals surface area contributed by atoms with E-state index in [0.717, 1.165) is 0 Å². The summed E-state index contributed by atoms with van der Waals surface area (Å²) in [5.41, 5.74) is 1.22. The van der Waals surface area contributed by atoms with E-state index in [9.17, 15) is 5.11 Å². The van der Waals surface area contributed by atoms with Gasteiger partial charge in [0.2, 0.25) is 3.79 Å². The number of nitrogens with one attached hydrogen (secondary N) is 1. The molecule has 0 amide bonds. The van der Waals surface area contributed by atoms with Gasteiger partial charge in [0.15, 0.2) is 5.84 Å². The Bertz CT molecular complexity index is 620. The Hall–Kier alpha value is -0.810. The number of aromatic hydroxyl groups is 1. The standard InChI is InChI=1S/C12H9Cl4N3O/c13-7-2-1-6(9(20)4-7)3-8-5-10(17)19-11(18-8)12(14,15)16/h1-2,4,17,20H,3,5H2. The van der Waals surface area contributed by atoms with Gasteiger partial charge >= 0.3 is 0 Å². The average Bonchev–Trinajstić information content (AvgIpc) is 2.31. The molecule has 1 aromatic rings. The van der Waals surface area contributed by atoms with Crippen molar-refractivity contribution in [3.8, 4) is 5.75 Å². The largest absolute Gasteiger partial charge is 0.508 e. The van der Waals surface area contributed by atoms with Crippen LogP contribution >= 0.6 is 46.4 Å². The van der Waals surface area contributed by atoms with E-state index in [1.54, 1.807) is 12.1 Å². The predicted octanol–water partition coefficient (Wildman–Crippen LogP) is 4.18. The lowest BCUT2D eigenvalue weighted by molar-refractivity contribution is 0.470. The predicted molar refractivity (Wildman–Crippen MR) is 84.3 cm³/mol. The lowest BCUT2D eigenvalue weighted by atomic mass is 10.0. The number of halogens is 4. The van der Waals surface area contributed by atoms with Crippen molar-refractivity contribution in [2.45, 2.75) is 16.6 Å². The highest BCUT2D eigenvalue weighted by Gasteiger charge is 2.31. The summed E-state index contributed by atoms with van der Waals surface area (Å²) in [4.78, 5) is 7.96. The number of nitrogens with zero attached hydrogens (tertiary/aromatic N) is 2. The van der Waals surface area contributed by atoms with Crippen molar-refractivity contribution in [2.24, 2.45) is 9.98 Å². The molecule has 2 rings (SSSR count). The Kier molecular flexibility index (Phi) is 4.59. The molecule has 0 fully saturated rings. The monoisotopic (exact) mass is 351 g/mol. The second kappa shape index (κ2) is 5.90. The number of phenolic OH excluding ortho intramolecular Hbond substituents is 1. The third-order valence-electron chi connectivity index (χ3n) is 2.57. The summed E-state index contributed by atoms with van der Waals surface area (Å²) >= 11 is 23.0. The highest BCUT2D eigenvalue weighted by molar-refractivity contribution is 6.77. The van der Waals surface area contributed by atoms with Gasteiger partial charge in [0.25, 0.3) is 0 Å². The Balaban J connectivity index is 2.27. The van der Waals surface area contributed by atoms with Gasteiger partial charge in [-0.15, -0.1) is 0 Å². The van der Waals surface area contributed by atoms with Gasteiger partial charge in [0.05, 0.1) is 0 Å². The van der Waals surface area contributed by atoms with E-state index in [1.165, 1.54) is 6.07 Å². The number of benzene rings is 1. The SMILES string of the molecule is N=C1CC(Cc2ccc(Cl)cc2O)=NC(C(Cl)(Cl)Cl)=N1. The maximum Gasteiger partial charge on any atom is 0.250 e. The van der Waals surface area contributed by atoms with Crippen molar-refractivity contribution in [3.05, 3.63) is 28.8 Å². The van der Waals surface area contributed by atoms with Crippen LogP contribution in [0, 0.1) is 5.41 Å². The quantitative estimate of drug-likeness (QED) is 0.770. The van der Waals surface area contributed by atoms with Crippen LogP contribution < -0.4 is 0 Å². The van der Waals surface area contributed by atoms with Crippen LogP contribution in [0.25, 0.3) is 0 Å². The van der Waals surface area contributed by atoms with Crippen LogP contribution in [-0.4, -0.2) is 26.3 Å². The molecule has 106 valence electrons. The minimum absolute atomic E-state index is 0.0396. The third kappa shape index (κ3) is 3.85. The summed E-state index contributed by atoms with van der Waals surface area (Å²) in [5.74, 6) is 0.0802. The molecule has 0 saturated heterocycles. The summed E-state index contributed by atoms with van der Waals surface area (Å²) < 4.78 is -1.78. The zero-order chi connectivity index (χ0) is 14.9. The first-order chi connectivity index (χ1) is 9.25. The summed E-state index contributed by atoms with van der Waals surface area (Å²) in [5, 5.41) is 17.9. The summed E-state index contributed by atoms with van der Waals surface area (Å²) in [7, 11) is 0. The average molecular weight is 353 g/mol. The third-order valence-corrected chi connectivity index (χ3v) is 3.31. The van der Waals surface area contributed by atoms with Gasteiger partial charge in [0.1, 0.15) is 11.6 Å². The lowest BCUT2D eigenvalue weighted by Gasteiger charge is -2.17. The smallest absolute Gasteiger partial charge is 0.250 e. The van der Waals surface area contributed by atoms with Crippen molar-refractivity contribution < 1.29 is 5.11 Å². The molecule has 8 heteroatoms. The minimum atomic E-state index is -1.78. The normalized spacial score (nSPS) is 15.9. The molecule has 0 radical (unpaired) electrons. The molecule has 0 atom stereocenters. The number of rotatable bonds is 2. The van der Waals surface area contributed by atoms with E-state index in [-0.39, 0.29) is 23.8 Å². The molecule has 4 nitrogen and oxygen atoms in total. The molecule has 0 saturated carbocycles. The second-order valence-corrected chi connectivity index (χ2v) is 6.90. The zero-order valence-corrected chi connectivity index (χ0v) is 13.0. The van der Waals surface area contributed by atoms with Crippen molar-refractivity contribution in [2.75, 3.05) is 0 Å². The van der Waals surface area contributed by atoms with E-state index in [2.05, 4.69) is 9.98 Å². The summed E-state index contributed by atoms with van der Waals surface area (Å²) in [6.45, 7) is 0.